The second-order valence-corrected chi connectivity index (χ2v) is 6.49. The third-order valence-electron chi connectivity index (χ3n) is 3.94. The van der Waals surface area contributed by atoms with Crippen LogP contribution in [0.25, 0.3) is 0 Å². The third-order valence-corrected chi connectivity index (χ3v) is 4.16. The van der Waals surface area contributed by atoms with Gasteiger partial charge in [0.05, 0.1) is 12.7 Å². The largest absolute Gasteiger partial charge is 0.465 e. The molecule has 1 aromatic carbocycles. The molecular weight excluding hydrogens is 338 g/mol. The number of ether oxygens (including phenoxy) is 1. The number of rotatable bonds is 6. The number of hydrogen-bond acceptors (Lipinski definition) is 5. The zero-order chi connectivity index (χ0) is 18.6. The van der Waals surface area contributed by atoms with Crippen molar-refractivity contribution in [2.75, 3.05) is 23.9 Å². The maximum Gasteiger partial charge on any atom is 0.338 e. The standard InChI is InChI=1S/C19H24ClN3O2/c1-6-23(12(2)3)18-11-14(20)10-17(22-18)21-15-7-8-16(13(4)9-15)19(24)25-5/h7-12H,6H2,1-5H3,(H,21,22). The first-order chi connectivity index (χ1) is 11.8. The van der Waals surface area contributed by atoms with Gasteiger partial charge in [-0.05, 0) is 63.6 Å². The van der Waals surface area contributed by atoms with E-state index < -0.39 is 0 Å². The molecular formula is C19H24ClN3O2. The van der Waals surface area contributed by atoms with E-state index in [9.17, 15) is 4.79 Å². The minimum absolute atomic E-state index is 0.324. The lowest BCUT2D eigenvalue weighted by molar-refractivity contribution is 0.0600. The van der Waals surface area contributed by atoms with Crippen molar-refractivity contribution in [1.82, 2.24) is 4.98 Å². The van der Waals surface area contributed by atoms with Crippen LogP contribution in [0.4, 0.5) is 17.3 Å². The van der Waals surface area contributed by atoms with Crippen LogP contribution in [0.5, 0.6) is 0 Å². The Morgan fingerprint density at radius 2 is 2.04 bits per heavy atom. The van der Waals surface area contributed by atoms with Gasteiger partial charge in [-0.3, -0.25) is 0 Å². The average molecular weight is 362 g/mol. The zero-order valence-electron chi connectivity index (χ0n) is 15.3. The van der Waals surface area contributed by atoms with Crippen LogP contribution < -0.4 is 10.2 Å². The first-order valence-electron chi connectivity index (χ1n) is 8.26. The van der Waals surface area contributed by atoms with E-state index in [1.165, 1.54) is 7.11 Å². The number of esters is 1. The van der Waals surface area contributed by atoms with E-state index >= 15 is 0 Å². The van der Waals surface area contributed by atoms with Crippen LogP contribution in [-0.2, 0) is 4.74 Å². The number of nitrogens with zero attached hydrogens (tertiary/aromatic N) is 2. The van der Waals surface area contributed by atoms with Gasteiger partial charge in [0.15, 0.2) is 0 Å². The summed E-state index contributed by atoms with van der Waals surface area (Å²) in [4.78, 5) is 18.5. The molecule has 0 aliphatic rings. The number of halogens is 1. The summed E-state index contributed by atoms with van der Waals surface area (Å²) >= 11 is 6.27. The molecule has 1 heterocycles. The van der Waals surface area contributed by atoms with Gasteiger partial charge in [-0.15, -0.1) is 0 Å². The molecule has 25 heavy (non-hydrogen) atoms. The number of methoxy groups -OCH3 is 1. The van der Waals surface area contributed by atoms with Crippen LogP contribution in [0.15, 0.2) is 30.3 Å². The Morgan fingerprint density at radius 3 is 2.60 bits per heavy atom. The smallest absolute Gasteiger partial charge is 0.338 e. The highest BCUT2D eigenvalue weighted by molar-refractivity contribution is 6.31. The molecule has 134 valence electrons. The molecule has 0 saturated heterocycles. The lowest BCUT2D eigenvalue weighted by Crippen LogP contribution is -2.31. The fraction of sp³-hybridized carbons (Fsp3) is 0.368. The second-order valence-electron chi connectivity index (χ2n) is 6.05. The second kappa shape index (κ2) is 8.21. The topological polar surface area (TPSA) is 54.5 Å². The molecule has 1 N–H and O–H groups in total. The van der Waals surface area contributed by atoms with Crippen molar-refractivity contribution >= 4 is 34.9 Å². The summed E-state index contributed by atoms with van der Waals surface area (Å²) in [6, 6.07) is 9.41. The number of aryl methyl sites for hydroxylation is 1. The van der Waals surface area contributed by atoms with Gasteiger partial charge >= 0.3 is 5.97 Å². The molecule has 0 aliphatic heterocycles. The van der Waals surface area contributed by atoms with Crippen molar-refractivity contribution < 1.29 is 9.53 Å². The van der Waals surface area contributed by atoms with E-state index in [-0.39, 0.29) is 5.97 Å². The summed E-state index contributed by atoms with van der Waals surface area (Å²) in [5, 5.41) is 3.87. The highest BCUT2D eigenvalue weighted by Crippen LogP contribution is 2.26. The third kappa shape index (κ3) is 4.63. The molecule has 0 unspecified atom stereocenters. The lowest BCUT2D eigenvalue weighted by atomic mass is 10.1. The number of pyridine rings is 1. The Hall–Kier alpha value is -2.27. The summed E-state index contributed by atoms with van der Waals surface area (Å²) in [7, 11) is 1.37. The number of benzene rings is 1. The Bertz CT molecular complexity index is 762. The fourth-order valence-electron chi connectivity index (χ4n) is 2.71. The number of carbonyl (C=O) groups is 1. The SMILES string of the molecule is CCN(c1cc(Cl)cc(Nc2ccc(C(=O)OC)c(C)c2)n1)C(C)C. The summed E-state index contributed by atoms with van der Waals surface area (Å²) < 4.78 is 4.77. The van der Waals surface area contributed by atoms with Crippen molar-refractivity contribution in [3.8, 4) is 0 Å². The van der Waals surface area contributed by atoms with Crippen molar-refractivity contribution in [1.29, 1.82) is 0 Å². The van der Waals surface area contributed by atoms with Crippen LogP contribution in [0.2, 0.25) is 5.02 Å². The molecule has 0 bridgehead atoms. The van der Waals surface area contributed by atoms with Crippen LogP contribution >= 0.6 is 11.6 Å². The van der Waals surface area contributed by atoms with Crippen LogP contribution in [0.3, 0.4) is 0 Å². The maximum absolute atomic E-state index is 11.7. The first kappa shape index (κ1) is 19.1. The van der Waals surface area contributed by atoms with Gasteiger partial charge in [0.25, 0.3) is 0 Å². The molecule has 0 spiro atoms. The fourth-order valence-corrected chi connectivity index (χ4v) is 2.92. The molecule has 0 radical (unpaired) electrons. The van der Waals surface area contributed by atoms with Gasteiger partial charge in [0.1, 0.15) is 11.6 Å². The van der Waals surface area contributed by atoms with Crippen molar-refractivity contribution in [3.63, 3.8) is 0 Å². The van der Waals surface area contributed by atoms with E-state index in [0.717, 1.165) is 23.6 Å². The predicted octanol–water partition coefficient (Wildman–Crippen LogP) is 4.81. The quantitative estimate of drug-likeness (QED) is 0.748. The van der Waals surface area contributed by atoms with Crippen LogP contribution in [0.1, 0.15) is 36.7 Å². The number of nitrogens with one attached hydrogen (secondary N) is 1. The monoisotopic (exact) mass is 361 g/mol. The molecule has 0 aliphatic carbocycles. The number of anilines is 3. The lowest BCUT2D eigenvalue weighted by Gasteiger charge is -2.27. The molecule has 0 amide bonds. The summed E-state index contributed by atoms with van der Waals surface area (Å²) in [5.41, 5.74) is 2.21. The first-order valence-corrected chi connectivity index (χ1v) is 8.63. The minimum Gasteiger partial charge on any atom is -0.465 e. The normalized spacial score (nSPS) is 10.7. The zero-order valence-corrected chi connectivity index (χ0v) is 16.0. The Morgan fingerprint density at radius 1 is 1.32 bits per heavy atom. The average Bonchev–Trinajstić information content (AvgIpc) is 2.54. The van der Waals surface area contributed by atoms with Crippen LogP contribution in [0, 0.1) is 6.92 Å². The number of carbonyl (C=O) groups excluding carboxylic acids is 1. The summed E-state index contributed by atoms with van der Waals surface area (Å²) in [6.07, 6.45) is 0. The van der Waals surface area contributed by atoms with Gasteiger partial charge in [-0.2, -0.15) is 0 Å². The van der Waals surface area contributed by atoms with Gasteiger partial charge < -0.3 is 15.0 Å². The Balaban J connectivity index is 2.30. The molecule has 0 fully saturated rings. The molecule has 5 nitrogen and oxygen atoms in total. The van der Waals surface area contributed by atoms with E-state index in [0.29, 0.717) is 22.4 Å². The summed E-state index contributed by atoms with van der Waals surface area (Å²) in [5.74, 6) is 1.14. The van der Waals surface area contributed by atoms with Crippen molar-refractivity contribution in [2.45, 2.75) is 33.7 Å². The van der Waals surface area contributed by atoms with Gasteiger partial charge in [-0.1, -0.05) is 11.6 Å². The van der Waals surface area contributed by atoms with E-state index in [2.05, 4.69) is 36.0 Å². The van der Waals surface area contributed by atoms with Gasteiger partial charge in [0.2, 0.25) is 0 Å². The highest BCUT2D eigenvalue weighted by atomic mass is 35.5. The predicted molar refractivity (Wildman–Crippen MR) is 103 cm³/mol. The molecule has 1 aromatic heterocycles. The van der Waals surface area contributed by atoms with Crippen molar-refractivity contribution in [2.24, 2.45) is 0 Å². The van der Waals surface area contributed by atoms with Gasteiger partial charge in [-0.25, -0.2) is 9.78 Å². The molecule has 6 heteroatoms. The summed E-state index contributed by atoms with van der Waals surface area (Å²) in [6.45, 7) is 9.04. The highest BCUT2D eigenvalue weighted by Gasteiger charge is 2.13. The van der Waals surface area contributed by atoms with E-state index in [1.807, 2.05) is 25.1 Å². The molecule has 2 rings (SSSR count). The molecule has 0 atom stereocenters. The minimum atomic E-state index is -0.345. The van der Waals surface area contributed by atoms with Crippen LogP contribution in [-0.4, -0.2) is 30.6 Å². The molecule has 0 saturated carbocycles. The Kier molecular flexibility index (Phi) is 6.26. The van der Waals surface area contributed by atoms with E-state index in [4.69, 9.17) is 16.3 Å². The molecule has 2 aromatic rings. The van der Waals surface area contributed by atoms with E-state index in [1.54, 1.807) is 12.1 Å². The van der Waals surface area contributed by atoms with Crippen molar-refractivity contribution in [3.05, 3.63) is 46.5 Å². The number of aromatic nitrogens is 1. The van der Waals surface area contributed by atoms with Gasteiger partial charge in [0, 0.05) is 23.3 Å². The maximum atomic E-state index is 11.7. The number of hydrogen-bond donors (Lipinski definition) is 1. The Labute approximate surface area is 154 Å².